The van der Waals surface area contributed by atoms with Gasteiger partial charge >= 0.3 is 0 Å². The summed E-state index contributed by atoms with van der Waals surface area (Å²) in [6.07, 6.45) is 5.75. The second kappa shape index (κ2) is 9.15. The molecule has 0 spiro atoms. The van der Waals surface area contributed by atoms with Gasteiger partial charge in [-0.15, -0.1) is 11.3 Å². The molecule has 0 radical (unpaired) electrons. The van der Waals surface area contributed by atoms with Crippen LogP contribution >= 0.6 is 11.3 Å². The van der Waals surface area contributed by atoms with E-state index >= 15 is 0 Å². The second-order valence-corrected chi connectivity index (χ2v) is 10.1. The maximum atomic E-state index is 12.5. The number of benzene rings is 1. The molecule has 28 heavy (non-hydrogen) atoms. The lowest BCUT2D eigenvalue weighted by molar-refractivity contribution is -0.120. The molecule has 1 aromatic carbocycles. The van der Waals surface area contributed by atoms with Crippen LogP contribution in [0, 0.1) is 5.92 Å². The summed E-state index contributed by atoms with van der Waals surface area (Å²) in [5.41, 5.74) is 3.22. The predicted octanol–water partition coefficient (Wildman–Crippen LogP) is 3.76. The van der Waals surface area contributed by atoms with Gasteiger partial charge in [0, 0.05) is 30.0 Å². The van der Waals surface area contributed by atoms with E-state index in [4.69, 9.17) is 0 Å². The van der Waals surface area contributed by atoms with Gasteiger partial charge in [-0.1, -0.05) is 37.6 Å². The molecule has 1 aliphatic rings. The van der Waals surface area contributed by atoms with Crippen molar-refractivity contribution in [3.05, 3.63) is 35.2 Å². The molecule has 0 aliphatic carbocycles. The minimum absolute atomic E-state index is 0.0797. The molecule has 1 fully saturated rings. The minimum atomic E-state index is -3.18. The molecule has 0 saturated carbocycles. The van der Waals surface area contributed by atoms with Crippen LogP contribution in [0.3, 0.4) is 0 Å². The molecule has 8 heteroatoms. The maximum absolute atomic E-state index is 12.5. The van der Waals surface area contributed by atoms with E-state index in [-0.39, 0.29) is 11.8 Å². The number of aromatic nitrogens is 1. The molecule has 1 N–H and O–H groups in total. The SMILES string of the molecule is CCCCc1ccc(-c2csc(NC(=O)C3CCN(S(C)(=O)=O)CC3)n2)cc1. The van der Waals surface area contributed by atoms with Gasteiger partial charge in [0.25, 0.3) is 0 Å². The van der Waals surface area contributed by atoms with Gasteiger partial charge in [-0.2, -0.15) is 0 Å². The van der Waals surface area contributed by atoms with Crippen LogP contribution in [-0.2, 0) is 21.2 Å². The topological polar surface area (TPSA) is 79.4 Å². The number of thiazole rings is 1. The molecule has 1 amide bonds. The van der Waals surface area contributed by atoms with Crippen molar-refractivity contribution in [3.63, 3.8) is 0 Å². The summed E-state index contributed by atoms with van der Waals surface area (Å²) in [6, 6.07) is 8.43. The molecular formula is C20H27N3O3S2. The van der Waals surface area contributed by atoms with Crippen molar-refractivity contribution in [2.75, 3.05) is 24.7 Å². The highest BCUT2D eigenvalue weighted by Gasteiger charge is 2.29. The number of anilines is 1. The third kappa shape index (κ3) is 5.40. The largest absolute Gasteiger partial charge is 0.302 e. The van der Waals surface area contributed by atoms with Gasteiger partial charge < -0.3 is 5.32 Å². The first-order valence-electron chi connectivity index (χ1n) is 9.67. The van der Waals surface area contributed by atoms with Gasteiger partial charge in [-0.05, 0) is 31.2 Å². The number of sulfonamides is 1. The average molecular weight is 422 g/mol. The normalized spacial score (nSPS) is 16.2. The highest BCUT2D eigenvalue weighted by molar-refractivity contribution is 7.88. The maximum Gasteiger partial charge on any atom is 0.229 e. The lowest BCUT2D eigenvalue weighted by Gasteiger charge is -2.29. The van der Waals surface area contributed by atoms with E-state index in [2.05, 4.69) is 41.5 Å². The summed E-state index contributed by atoms with van der Waals surface area (Å²) >= 11 is 1.41. The summed E-state index contributed by atoms with van der Waals surface area (Å²) in [5.74, 6) is -0.257. The van der Waals surface area contributed by atoms with Crippen LogP contribution in [0.5, 0.6) is 0 Å². The zero-order valence-corrected chi connectivity index (χ0v) is 18.0. The Morgan fingerprint density at radius 3 is 2.54 bits per heavy atom. The fourth-order valence-corrected chi connectivity index (χ4v) is 4.94. The van der Waals surface area contributed by atoms with Crippen LogP contribution in [0.15, 0.2) is 29.6 Å². The third-order valence-corrected chi connectivity index (χ3v) is 7.16. The summed E-state index contributed by atoms with van der Waals surface area (Å²) in [7, 11) is -3.18. The fraction of sp³-hybridized carbons (Fsp3) is 0.500. The van der Waals surface area contributed by atoms with E-state index < -0.39 is 10.0 Å². The first-order valence-corrected chi connectivity index (χ1v) is 12.4. The molecule has 2 aromatic rings. The van der Waals surface area contributed by atoms with Crippen LogP contribution in [-0.4, -0.2) is 43.0 Å². The van der Waals surface area contributed by atoms with E-state index in [0.29, 0.717) is 31.1 Å². The zero-order chi connectivity index (χ0) is 20.1. The van der Waals surface area contributed by atoms with Gasteiger partial charge in [-0.25, -0.2) is 17.7 Å². The first kappa shape index (κ1) is 21.0. The molecule has 1 saturated heterocycles. The monoisotopic (exact) mass is 421 g/mol. The average Bonchev–Trinajstić information content (AvgIpc) is 3.14. The summed E-state index contributed by atoms with van der Waals surface area (Å²) in [5, 5.41) is 5.43. The molecule has 3 rings (SSSR count). The van der Waals surface area contributed by atoms with Crippen LogP contribution in [0.2, 0.25) is 0 Å². The van der Waals surface area contributed by atoms with Gasteiger partial charge in [0.2, 0.25) is 15.9 Å². The first-order chi connectivity index (χ1) is 13.4. The van der Waals surface area contributed by atoms with Crippen LogP contribution in [0.1, 0.15) is 38.2 Å². The number of nitrogens with one attached hydrogen (secondary N) is 1. The standard InChI is InChI=1S/C20H27N3O3S2/c1-3-4-5-15-6-8-16(9-7-15)18-14-27-20(21-18)22-19(24)17-10-12-23(13-11-17)28(2,25)26/h6-9,14,17H,3-5,10-13H2,1-2H3,(H,21,22,24). The van der Waals surface area contributed by atoms with Gasteiger partial charge in [-0.3, -0.25) is 4.79 Å². The van der Waals surface area contributed by atoms with Crippen molar-refractivity contribution in [2.24, 2.45) is 5.92 Å². The Morgan fingerprint density at radius 2 is 1.93 bits per heavy atom. The Hall–Kier alpha value is -1.77. The van der Waals surface area contributed by atoms with Crippen molar-refractivity contribution in [1.82, 2.24) is 9.29 Å². The number of carbonyl (C=O) groups is 1. The number of hydrogen-bond acceptors (Lipinski definition) is 5. The van der Waals surface area contributed by atoms with Crippen LogP contribution in [0.4, 0.5) is 5.13 Å². The number of rotatable bonds is 7. The molecule has 2 heterocycles. The molecule has 1 aromatic heterocycles. The van der Waals surface area contributed by atoms with Crippen molar-refractivity contribution < 1.29 is 13.2 Å². The Balaban J connectivity index is 1.56. The van der Waals surface area contributed by atoms with Crippen LogP contribution in [0.25, 0.3) is 11.3 Å². The van der Waals surface area contributed by atoms with Crippen molar-refractivity contribution in [3.8, 4) is 11.3 Å². The Morgan fingerprint density at radius 1 is 1.25 bits per heavy atom. The Bertz CT molecular complexity index is 899. The Kier molecular flexibility index (Phi) is 6.85. The molecule has 0 bridgehead atoms. The molecule has 152 valence electrons. The van der Waals surface area contributed by atoms with E-state index in [1.807, 2.05) is 5.38 Å². The number of unbranched alkanes of at least 4 members (excludes halogenated alkanes) is 1. The summed E-state index contributed by atoms with van der Waals surface area (Å²) < 4.78 is 24.6. The summed E-state index contributed by atoms with van der Waals surface area (Å²) in [4.78, 5) is 17.0. The number of amides is 1. The van der Waals surface area contributed by atoms with Crippen molar-refractivity contribution in [2.45, 2.75) is 39.0 Å². The molecule has 6 nitrogen and oxygen atoms in total. The number of piperidine rings is 1. The smallest absolute Gasteiger partial charge is 0.229 e. The minimum Gasteiger partial charge on any atom is -0.302 e. The molecule has 0 unspecified atom stereocenters. The van der Waals surface area contributed by atoms with Crippen molar-refractivity contribution >= 4 is 32.4 Å². The quantitative estimate of drug-likeness (QED) is 0.738. The molecule has 1 aliphatic heterocycles. The Labute approximate surface area is 171 Å². The number of hydrogen-bond donors (Lipinski definition) is 1. The molecular weight excluding hydrogens is 394 g/mol. The van der Waals surface area contributed by atoms with Gasteiger partial charge in [0.05, 0.1) is 11.9 Å². The van der Waals surface area contributed by atoms with Gasteiger partial charge in [0.1, 0.15) is 0 Å². The second-order valence-electron chi connectivity index (χ2n) is 7.26. The predicted molar refractivity (Wildman–Crippen MR) is 114 cm³/mol. The molecule has 0 atom stereocenters. The van der Waals surface area contributed by atoms with E-state index in [9.17, 15) is 13.2 Å². The highest BCUT2D eigenvalue weighted by atomic mass is 32.2. The number of carbonyl (C=O) groups excluding carboxylic acids is 1. The third-order valence-electron chi connectivity index (χ3n) is 5.10. The van der Waals surface area contributed by atoms with Crippen molar-refractivity contribution in [1.29, 1.82) is 0 Å². The number of aryl methyl sites for hydroxylation is 1. The highest BCUT2D eigenvalue weighted by Crippen LogP contribution is 2.27. The van der Waals surface area contributed by atoms with Crippen LogP contribution < -0.4 is 5.32 Å². The van der Waals surface area contributed by atoms with Gasteiger partial charge in [0.15, 0.2) is 5.13 Å². The van der Waals surface area contributed by atoms with E-state index in [0.717, 1.165) is 17.7 Å². The summed E-state index contributed by atoms with van der Waals surface area (Å²) in [6.45, 7) is 2.98. The zero-order valence-electron chi connectivity index (χ0n) is 16.3. The lowest BCUT2D eigenvalue weighted by atomic mass is 9.97. The fourth-order valence-electron chi connectivity index (χ4n) is 3.34. The lowest BCUT2D eigenvalue weighted by Crippen LogP contribution is -2.40. The van der Waals surface area contributed by atoms with E-state index in [1.165, 1.54) is 40.3 Å². The van der Waals surface area contributed by atoms with E-state index in [1.54, 1.807) is 0 Å². The number of nitrogens with zero attached hydrogens (tertiary/aromatic N) is 2.